The van der Waals surface area contributed by atoms with Crippen LogP contribution in [0.4, 0.5) is 0 Å². The van der Waals surface area contributed by atoms with Crippen molar-refractivity contribution in [2.75, 3.05) is 0 Å². The SMILES string of the molecule is CC1=C(C)SC(C)(C)O1. The van der Waals surface area contributed by atoms with Crippen molar-refractivity contribution in [1.82, 2.24) is 0 Å². The molecule has 1 heterocycles. The quantitative estimate of drug-likeness (QED) is 0.517. The minimum absolute atomic E-state index is 0.0197. The fourth-order valence-corrected chi connectivity index (χ4v) is 1.99. The molecule has 1 nitrogen and oxygen atoms in total. The Kier molecular flexibility index (Phi) is 1.51. The lowest BCUT2D eigenvalue weighted by Crippen LogP contribution is -2.12. The summed E-state index contributed by atoms with van der Waals surface area (Å²) in [4.78, 5) is 1.29. The molecule has 0 bridgehead atoms. The van der Waals surface area contributed by atoms with Gasteiger partial charge in [0.15, 0.2) is 4.93 Å². The Morgan fingerprint density at radius 2 is 1.89 bits per heavy atom. The zero-order chi connectivity index (χ0) is 7.07. The van der Waals surface area contributed by atoms with E-state index in [2.05, 4.69) is 20.8 Å². The molecule has 0 aliphatic carbocycles. The van der Waals surface area contributed by atoms with Crippen molar-refractivity contribution >= 4 is 11.8 Å². The maximum Gasteiger partial charge on any atom is 0.152 e. The van der Waals surface area contributed by atoms with Crippen LogP contribution in [0.5, 0.6) is 0 Å². The minimum Gasteiger partial charge on any atom is -0.481 e. The van der Waals surface area contributed by atoms with Crippen molar-refractivity contribution in [2.24, 2.45) is 0 Å². The van der Waals surface area contributed by atoms with Gasteiger partial charge in [-0.15, -0.1) is 0 Å². The molecule has 0 unspecified atom stereocenters. The van der Waals surface area contributed by atoms with Crippen LogP contribution in [0.2, 0.25) is 0 Å². The van der Waals surface area contributed by atoms with Crippen LogP contribution in [0.25, 0.3) is 0 Å². The molecule has 0 radical (unpaired) electrons. The lowest BCUT2D eigenvalue weighted by molar-refractivity contribution is 0.126. The molecule has 1 rings (SSSR count). The van der Waals surface area contributed by atoms with Crippen molar-refractivity contribution in [2.45, 2.75) is 32.6 Å². The lowest BCUT2D eigenvalue weighted by atomic mass is 10.4. The molecule has 0 spiro atoms. The second kappa shape index (κ2) is 1.94. The van der Waals surface area contributed by atoms with Crippen LogP contribution in [0.1, 0.15) is 27.7 Å². The van der Waals surface area contributed by atoms with E-state index in [4.69, 9.17) is 4.74 Å². The molecule has 52 valence electrons. The average molecular weight is 144 g/mol. The Bertz CT molecular complexity index is 142. The molecule has 0 saturated carbocycles. The van der Waals surface area contributed by atoms with Gasteiger partial charge in [-0.25, -0.2) is 0 Å². The number of ether oxygens (including phenoxy) is 1. The molecular weight excluding hydrogens is 132 g/mol. The third-order valence-corrected chi connectivity index (χ3v) is 2.46. The van der Waals surface area contributed by atoms with Gasteiger partial charge < -0.3 is 4.74 Å². The Hall–Kier alpha value is -0.110. The molecule has 0 aromatic rings. The van der Waals surface area contributed by atoms with E-state index in [1.54, 1.807) is 11.8 Å². The smallest absolute Gasteiger partial charge is 0.152 e. The molecule has 0 saturated heterocycles. The van der Waals surface area contributed by atoms with Crippen molar-refractivity contribution in [3.63, 3.8) is 0 Å². The van der Waals surface area contributed by atoms with Gasteiger partial charge in [-0.3, -0.25) is 0 Å². The summed E-state index contributed by atoms with van der Waals surface area (Å²) in [5, 5.41) is 0. The van der Waals surface area contributed by atoms with Gasteiger partial charge in [-0.2, -0.15) is 0 Å². The zero-order valence-electron chi connectivity index (χ0n) is 6.32. The fraction of sp³-hybridized carbons (Fsp3) is 0.714. The molecule has 1 aliphatic heterocycles. The predicted molar refractivity (Wildman–Crippen MR) is 41.1 cm³/mol. The molecule has 9 heavy (non-hydrogen) atoms. The van der Waals surface area contributed by atoms with E-state index in [-0.39, 0.29) is 4.93 Å². The average Bonchev–Trinajstić information content (AvgIpc) is 1.79. The van der Waals surface area contributed by atoms with Gasteiger partial charge >= 0.3 is 0 Å². The van der Waals surface area contributed by atoms with Gasteiger partial charge in [-0.05, 0) is 27.7 Å². The first-order chi connectivity index (χ1) is 4.01. The number of thioether (sulfide) groups is 1. The van der Waals surface area contributed by atoms with E-state index >= 15 is 0 Å². The second-order valence-electron chi connectivity index (χ2n) is 2.72. The van der Waals surface area contributed by atoms with Crippen molar-refractivity contribution < 1.29 is 4.74 Å². The van der Waals surface area contributed by atoms with Crippen LogP contribution in [-0.4, -0.2) is 4.93 Å². The largest absolute Gasteiger partial charge is 0.481 e. The summed E-state index contributed by atoms with van der Waals surface area (Å²) in [6, 6.07) is 0. The van der Waals surface area contributed by atoms with Crippen molar-refractivity contribution in [1.29, 1.82) is 0 Å². The van der Waals surface area contributed by atoms with Crippen LogP contribution >= 0.6 is 11.8 Å². The maximum atomic E-state index is 5.50. The third kappa shape index (κ3) is 1.42. The van der Waals surface area contributed by atoms with Crippen molar-refractivity contribution in [3.8, 4) is 0 Å². The van der Waals surface area contributed by atoms with Crippen molar-refractivity contribution in [3.05, 3.63) is 10.7 Å². The first kappa shape index (κ1) is 7.00. The van der Waals surface area contributed by atoms with Crippen LogP contribution in [0.3, 0.4) is 0 Å². The molecule has 0 aromatic heterocycles. The Balaban J connectivity index is 2.70. The predicted octanol–water partition coefficient (Wildman–Crippen LogP) is 2.74. The van der Waals surface area contributed by atoms with E-state index in [0.29, 0.717) is 0 Å². The summed E-state index contributed by atoms with van der Waals surface area (Å²) in [5.74, 6) is 1.07. The Morgan fingerprint density at radius 1 is 1.33 bits per heavy atom. The molecule has 0 amide bonds. The highest BCUT2D eigenvalue weighted by Gasteiger charge is 2.28. The summed E-state index contributed by atoms with van der Waals surface area (Å²) in [6.07, 6.45) is 0. The van der Waals surface area contributed by atoms with Gasteiger partial charge in [-0.1, -0.05) is 11.8 Å². The van der Waals surface area contributed by atoms with Gasteiger partial charge in [0.05, 0.1) is 0 Å². The van der Waals surface area contributed by atoms with Gasteiger partial charge in [0, 0.05) is 4.91 Å². The topological polar surface area (TPSA) is 9.23 Å². The Morgan fingerprint density at radius 3 is 2.00 bits per heavy atom. The molecule has 1 aliphatic rings. The van der Waals surface area contributed by atoms with E-state index in [1.165, 1.54) is 4.91 Å². The molecule has 0 aromatic carbocycles. The first-order valence-electron chi connectivity index (χ1n) is 3.07. The summed E-state index contributed by atoms with van der Waals surface area (Å²) >= 11 is 1.79. The number of hydrogen-bond donors (Lipinski definition) is 0. The summed E-state index contributed by atoms with van der Waals surface area (Å²) < 4.78 is 5.50. The van der Waals surface area contributed by atoms with Crippen LogP contribution in [-0.2, 0) is 4.74 Å². The lowest BCUT2D eigenvalue weighted by Gasteiger charge is -2.16. The molecular formula is C7H12OS. The first-order valence-corrected chi connectivity index (χ1v) is 3.88. The molecule has 2 heteroatoms. The van der Waals surface area contributed by atoms with E-state index in [9.17, 15) is 0 Å². The standard InChI is InChI=1S/C7H12OS/c1-5-6(2)9-7(3,4)8-5/h1-4H3. The van der Waals surface area contributed by atoms with E-state index < -0.39 is 0 Å². The highest BCUT2D eigenvalue weighted by Crippen LogP contribution is 2.42. The summed E-state index contributed by atoms with van der Waals surface area (Å²) in [5.41, 5.74) is 0. The maximum absolute atomic E-state index is 5.50. The highest BCUT2D eigenvalue weighted by atomic mass is 32.2. The minimum atomic E-state index is -0.0197. The van der Waals surface area contributed by atoms with E-state index in [1.807, 2.05) is 6.92 Å². The third-order valence-electron chi connectivity index (χ3n) is 1.29. The number of allylic oxidation sites excluding steroid dienone is 2. The van der Waals surface area contributed by atoms with Gasteiger partial charge in [0.2, 0.25) is 0 Å². The van der Waals surface area contributed by atoms with Gasteiger partial charge in [0.25, 0.3) is 0 Å². The monoisotopic (exact) mass is 144 g/mol. The zero-order valence-corrected chi connectivity index (χ0v) is 7.13. The molecule has 0 atom stereocenters. The number of rotatable bonds is 0. The molecule has 0 N–H and O–H groups in total. The normalized spacial score (nSPS) is 24.4. The van der Waals surface area contributed by atoms with Gasteiger partial charge in [0.1, 0.15) is 5.76 Å². The van der Waals surface area contributed by atoms with Crippen LogP contribution in [0, 0.1) is 0 Å². The number of hydrogen-bond acceptors (Lipinski definition) is 2. The highest BCUT2D eigenvalue weighted by molar-refractivity contribution is 8.04. The van der Waals surface area contributed by atoms with E-state index in [0.717, 1.165) is 5.76 Å². The fourth-order valence-electron chi connectivity index (χ4n) is 0.902. The van der Waals surface area contributed by atoms with Crippen LogP contribution in [0.15, 0.2) is 10.7 Å². The summed E-state index contributed by atoms with van der Waals surface area (Å²) in [6.45, 7) is 8.27. The van der Waals surface area contributed by atoms with Crippen LogP contribution < -0.4 is 0 Å². The Labute approximate surface area is 60.5 Å². The molecule has 0 fully saturated rings. The second-order valence-corrected chi connectivity index (χ2v) is 4.52. The summed E-state index contributed by atoms with van der Waals surface area (Å²) in [7, 11) is 0.